The number of carbonyl (C=O) groups is 1. The molecule has 0 aliphatic carbocycles. The minimum Gasteiger partial charge on any atom is -0.463 e. The van der Waals surface area contributed by atoms with E-state index in [0.29, 0.717) is 18.0 Å². The van der Waals surface area contributed by atoms with E-state index in [2.05, 4.69) is 31.6 Å². The SMILES string of the molecule is O=C(NN=Cc1ccco1)c1ccn(Cc2ccc(Br)cc2)n1. The zero-order valence-electron chi connectivity index (χ0n) is 12.0. The van der Waals surface area contributed by atoms with Gasteiger partial charge < -0.3 is 4.42 Å². The van der Waals surface area contributed by atoms with Gasteiger partial charge in [0.2, 0.25) is 0 Å². The number of hydrazone groups is 1. The van der Waals surface area contributed by atoms with E-state index < -0.39 is 0 Å². The van der Waals surface area contributed by atoms with Crippen LogP contribution >= 0.6 is 15.9 Å². The number of rotatable bonds is 5. The molecule has 6 nitrogen and oxygen atoms in total. The third-order valence-corrected chi connectivity index (χ3v) is 3.56. The fraction of sp³-hybridized carbons (Fsp3) is 0.0625. The molecule has 3 rings (SSSR count). The molecule has 0 unspecified atom stereocenters. The fourth-order valence-corrected chi connectivity index (χ4v) is 2.19. The Hall–Kier alpha value is -2.67. The number of benzene rings is 1. The number of carbonyl (C=O) groups excluding carboxylic acids is 1. The lowest BCUT2D eigenvalue weighted by Gasteiger charge is -2.02. The van der Waals surface area contributed by atoms with E-state index in [1.54, 1.807) is 29.1 Å². The molecule has 0 radical (unpaired) electrons. The highest BCUT2D eigenvalue weighted by molar-refractivity contribution is 9.10. The van der Waals surface area contributed by atoms with Crippen molar-refractivity contribution in [2.24, 2.45) is 5.10 Å². The molecule has 0 aliphatic rings. The van der Waals surface area contributed by atoms with Crippen molar-refractivity contribution in [3.8, 4) is 0 Å². The summed E-state index contributed by atoms with van der Waals surface area (Å²) in [5, 5.41) is 8.06. The molecule has 0 bridgehead atoms. The fourth-order valence-electron chi connectivity index (χ4n) is 1.92. The van der Waals surface area contributed by atoms with Crippen LogP contribution in [0.25, 0.3) is 0 Å². The summed E-state index contributed by atoms with van der Waals surface area (Å²) in [5.74, 6) is 0.188. The molecule has 0 aliphatic heterocycles. The van der Waals surface area contributed by atoms with Crippen LogP contribution in [0.4, 0.5) is 0 Å². The van der Waals surface area contributed by atoms with Gasteiger partial charge in [0.15, 0.2) is 5.69 Å². The predicted octanol–water partition coefficient (Wildman–Crippen LogP) is 3.05. The van der Waals surface area contributed by atoms with Crippen molar-refractivity contribution in [1.29, 1.82) is 0 Å². The second kappa shape index (κ2) is 7.06. The van der Waals surface area contributed by atoms with Crippen molar-refractivity contribution < 1.29 is 9.21 Å². The Kier molecular flexibility index (Phi) is 4.68. The first-order valence-corrected chi connectivity index (χ1v) is 7.65. The second-order valence-electron chi connectivity index (χ2n) is 4.74. The van der Waals surface area contributed by atoms with Gasteiger partial charge in [0, 0.05) is 10.7 Å². The predicted molar refractivity (Wildman–Crippen MR) is 89.2 cm³/mol. The molecule has 0 fully saturated rings. The summed E-state index contributed by atoms with van der Waals surface area (Å²) < 4.78 is 7.80. The normalized spacial score (nSPS) is 11.0. The van der Waals surface area contributed by atoms with E-state index in [1.165, 1.54) is 12.5 Å². The lowest BCUT2D eigenvalue weighted by molar-refractivity contribution is 0.0949. The van der Waals surface area contributed by atoms with Gasteiger partial charge in [-0.3, -0.25) is 9.48 Å². The summed E-state index contributed by atoms with van der Waals surface area (Å²) >= 11 is 3.40. The van der Waals surface area contributed by atoms with E-state index in [9.17, 15) is 4.79 Å². The van der Waals surface area contributed by atoms with Crippen molar-refractivity contribution in [3.05, 3.63) is 76.4 Å². The first-order valence-electron chi connectivity index (χ1n) is 6.85. The molecule has 0 spiro atoms. The van der Waals surface area contributed by atoms with Crippen LogP contribution in [0, 0.1) is 0 Å². The molecule has 2 aromatic heterocycles. The molecule has 1 aromatic carbocycles. The van der Waals surface area contributed by atoms with Gasteiger partial charge in [-0.1, -0.05) is 28.1 Å². The minimum atomic E-state index is -0.373. The van der Waals surface area contributed by atoms with E-state index in [4.69, 9.17) is 4.42 Å². The van der Waals surface area contributed by atoms with E-state index >= 15 is 0 Å². The number of halogens is 1. The highest BCUT2D eigenvalue weighted by Gasteiger charge is 2.08. The molecule has 2 heterocycles. The highest BCUT2D eigenvalue weighted by atomic mass is 79.9. The van der Waals surface area contributed by atoms with Gasteiger partial charge in [-0.15, -0.1) is 0 Å². The van der Waals surface area contributed by atoms with E-state index in [-0.39, 0.29) is 5.91 Å². The Morgan fingerprint density at radius 3 is 2.87 bits per heavy atom. The number of nitrogens with zero attached hydrogens (tertiary/aromatic N) is 3. The molecule has 0 atom stereocenters. The minimum absolute atomic E-state index is 0.304. The molecule has 3 aromatic rings. The van der Waals surface area contributed by atoms with Crippen LogP contribution < -0.4 is 5.43 Å². The average Bonchev–Trinajstić information content (AvgIpc) is 3.21. The molecule has 1 amide bonds. The summed E-state index contributed by atoms with van der Waals surface area (Å²) in [6.07, 6.45) is 4.72. The Labute approximate surface area is 140 Å². The third kappa shape index (κ3) is 4.17. The first kappa shape index (κ1) is 15.2. The number of furan rings is 1. The number of aromatic nitrogens is 2. The van der Waals surface area contributed by atoms with Gasteiger partial charge in [0.05, 0.1) is 19.0 Å². The van der Waals surface area contributed by atoms with Crippen LogP contribution in [0.1, 0.15) is 21.8 Å². The van der Waals surface area contributed by atoms with Crippen molar-refractivity contribution in [2.75, 3.05) is 0 Å². The number of hydrogen-bond donors (Lipinski definition) is 1. The zero-order valence-corrected chi connectivity index (χ0v) is 13.6. The Bertz CT molecular complexity index is 807. The molecule has 0 saturated carbocycles. The monoisotopic (exact) mass is 372 g/mol. The maximum Gasteiger partial charge on any atom is 0.291 e. The van der Waals surface area contributed by atoms with Crippen LogP contribution in [-0.4, -0.2) is 21.9 Å². The summed E-state index contributed by atoms with van der Waals surface area (Å²) in [6, 6.07) is 13.1. The van der Waals surface area contributed by atoms with Gasteiger partial charge in [-0.25, -0.2) is 5.43 Å². The number of nitrogens with one attached hydrogen (secondary N) is 1. The largest absolute Gasteiger partial charge is 0.463 e. The van der Waals surface area contributed by atoms with Crippen molar-refractivity contribution >= 4 is 28.1 Å². The summed E-state index contributed by atoms with van der Waals surface area (Å²) in [4.78, 5) is 11.9. The highest BCUT2D eigenvalue weighted by Crippen LogP contribution is 2.11. The molecule has 23 heavy (non-hydrogen) atoms. The third-order valence-electron chi connectivity index (χ3n) is 3.03. The van der Waals surface area contributed by atoms with Crippen molar-refractivity contribution in [1.82, 2.24) is 15.2 Å². The van der Waals surface area contributed by atoms with Crippen LogP contribution in [-0.2, 0) is 6.54 Å². The summed E-state index contributed by atoms with van der Waals surface area (Å²) in [6.45, 7) is 0.593. The van der Waals surface area contributed by atoms with Gasteiger partial charge in [0.25, 0.3) is 5.91 Å². The van der Waals surface area contributed by atoms with Crippen molar-refractivity contribution in [3.63, 3.8) is 0 Å². The van der Waals surface area contributed by atoms with Crippen LogP contribution in [0.15, 0.2) is 68.9 Å². The zero-order chi connectivity index (χ0) is 16.1. The van der Waals surface area contributed by atoms with E-state index in [1.807, 2.05) is 24.3 Å². The Balaban J connectivity index is 1.59. The maximum atomic E-state index is 11.9. The Morgan fingerprint density at radius 2 is 2.13 bits per heavy atom. The Morgan fingerprint density at radius 1 is 1.30 bits per heavy atom. The van der Waals surface area contributed by atoms with Crippen LogP contribution in [0.5, 0.6) is 0 Å². The summed E-state index contributed by atoms with van der Waals surface area (Å²) in [5.41, 5.74) is 3.81. The molecule has 0 saturated heterocycles. The lowest BCUT2D eigenvalue weighted by atomic mass is 10.2. The standard InChI is InChI=1S/C16H13BrN4O2/c17-13-5-3-12(4-6-13)11-21-8-7-15(20-21)16(22)19-18-10-14-2-1-9-23-14/h1-10H,11H2,(H,19,22). The van der Waals surface area contributed by atoms with E-state index in [0.717, 1.165) is 10.0 Å². The topological polar surface area (TPSA) is 72.4 Å². The average molecular weight is 373 g/mol. The van der Waals surface area contributed by atoms with Gasteiger partial charge in [0.1, 0.15) is 5.76 Å². The number of amides is 1. The van der Waals surface area contributed by atoms with Crippen LogP contribution in [0.2, 0.25) is 0 Å². The second-order valence-corrected chi connectivity index (χ2v) is 5.66. The molecule has 7 heteroatoms. The van der Waals surface area contributed by atoms with Gasteiger partial charge >= 0.3 is 0 Å². The number of hydrogen-bond acceptors (Lipinski definition) is 4. The molecular formula is C16H13BrN4O2. The molecule has 1 N–H and O–H groups in total. The van der Waals surface area contributed by atoms with Gasteiger partial charge in [-0.2, -0.15) is 10.2 Å². The lowest BCUT2D eigenvalue weighted by Crippen LogP contribution is -2.18. The molecular weight excluding hydrogens is 360 g/mol. The van der Waals surface area contributed by atoms with Gasteiger partial charge in [-0.05, 0) is 35.9 Å². The first-order chi connectivity index (χ1) is 11.2. The quantitative estimate of drug-likeness (QED) is 0.552. The molecule has 116 valence electrons. The summed E-state index contributed by atoms with van der Waals surface area (Å²) in [7, 11) is 0. The smallest absolute Gasteiger partial charge is 0.291 e. The van der Waals surface area contributed by atoms with Crippen LogP contribution in [0.3, 0.4) is 0 Å². The maximum absolute atomic E-state index is 11.9. The van der Waals surface area contributed by atoms with Crippen molar-refractivity contribution in [2.45, 2.75) is 6.54 Å².